The fraction of sp³-hybridized carbons (Fsp3) is 0.167. The summed E-state index contributed by atoms with van der Waals surface area (Å²) in [6.45, 7) is 2.06. The number of aromatic nitrogens is 1. The normalized spacial score (nSPS) is 10.0. The topological polar surface area (TPSA) is 62.7 Å². The molecule has 0 atom stereocenters. The van der Waals surface area contributed by atoms with Crippen molar-refractivity contribution in [2.45, 2.75) is 13.3 Å². The highest BCUT2D eigenvalue weighted by Gasteiger charge is 2.06. The van der Waals surface area contributed by atoms with Crippen molar-refractivity contribution in [1.82, 2.24) is 4.98 Å². The predicted octanol–water partition coefficient (Wildman–Crippen LogP) is 2.83. The van der Waals surface area contributed by atoms with Crippen molar-refractivity contribution in [3.63, 3.8) is 0 Å². The molecule has 2 N–H and O–H groups in total. The zero-order chi connectivity index (χ0) is 11.5. The van der Waals surface area contributed by atoms with Crippen LogP contribution < -0.4 is 5.73 Å². The molecule has 0 aliphatic rings. The van der Waals surface area contributed by atoms with Gasteiger partial charge in [0, 0.05) is 0 Å². The van der Waals surface area contributed by atoms with Crippen LogP contribution in [0.2, 0.25) is 0 Å². The minimum absolute atomic E-state index is 0.701. The van der Waals surface area contributed by atoms with E-state index in [0.29, 0.717) is 4.88 Å². The Hall–Kier alpha value is -1.86. The second kappa shape index (κ2) is 4.33. The summed E-state index contributed by atoms with van der Waals surface area (Å²) < 4.78 is 0. The van der Waals surface area contributed by atoms with Crippen molar-refractivity contribution < 1.29 is 0 Å². The third kappa shape index (κ3) is 1.90. The number of nitrogens with zero attached hydrogens (tertiary/aromatic N) is 2. The van der Waals surface area contributed by atoms with Gasteiger partial charge in [-0.05, 0) is 30.2 Å². The molecule has 0 aromatic carbocycles. The third-order valence-electron chi connectivity index (χ3n) is 2.37. The van der Waals surface area contributed by atoms with Crippen molar-refractivity contribution in [3.05, 3.63) is 34.8 Å². The summed E-state index contributed by atoms with van der Waals surface area (Å²) in [6.07, 6.45) is 2.57. The Morgan fingerprint density at radius 3 is 2.94 bits per heavy atom. The summed E-state index contributed by atoms with van der Waals surface area (Å²) in [5, 5.41) is 8.76. The first kappa shape index (κ1) is 10.7. The van der Waals surface area contributed by atoms with Crippen LogP contribution in [0.1, 0.15) is 17.4 Å². The molecule has 2 aromatic rings. The summed E-state index contributed by atoms with van der Waals surface area (Å²) in [4.78, 5) is 5.99. The van der Waals surface area contributed by atoms with E-state index in [-0.39, 0.29) is 0 Å². The van der Waals surface area contributed by atoms with Crippen LogP contribution in [0.4, 0.5) is 5.69 Å². The zero-order valence-corrected chi connectivity index (χ0v) is 9.71. The fourth-order valence-corrected chi connectivity index (χ4v) is 2.26. The van der Waals surface area contributed by atoms with Crippen molar-refractivity contribution in [3.8, 4) is 16.6 Å². The number of hydrogen-bond acceptors (Lipinski definition) is 4. The maximum Gasteiger partial charge on any atom is 0.110 e. The quantitative estimate of drug-likeness (QED) is 0.861. The number of anilines is 1. The van der Waals surface area contributed by atoms with Gasteiger partial charge in [-0.15, -0.1) is 11.3 Å². The van der Waals surface area contributed by atoms with E-state index in [0.717, 1.165) is 28.2 Å². The van der Waals surface area contributed by atoms with Gasteiger partial charge in [0.1, 0.15) is 10.9 Å². The summed E-state index contributed by atoms with van der Waals surface area (Å²) in [6, 6.07) is 7.84. The van der Waals surface area contributed by atoms with Crippen molar-refractivity contribution in [1.29, 1.82) is 5.26 Å². The molecular weight excluding hydrogens is 218 g/mol. The number of hydrogen-bond donors (Lipinski definition) is 1. The molecule has 0 saturated heterocycles. The van der Waals surface area contributed by atoms with E-state index >= 15 is 0 Å². The van der Waals surface area contributed by atoms with Gasteiger partial charge < -0.3 is 5.73 Å². The first-order valence-corrected chi connectivity index (χ1v) is 5.81. The number of rotatable bonds is 2. The van der Waals surface area contributed by atoms with Gasteiger partial charge in [-0.25, -0.2) is 0 Å². The monoisotopic (exact) mass is 229 g/mol. The second-order valence-corrected chi connectivity index (χ2v) is 4.48. The average Bonchev–Trinajstić information content (AvgIpc) is 2.78. The Kier molecular flexibility index (Phi) is 2.88. The molecule has 0 amide bonds. The van der Waals surface area contributed by atoms with Gasteiger partial charge in [-0.2, -0.15) is 5.26 Å². The van der Waals surface area contributed by atoms with Crippen LogP contribution in [0.25, 0.3) is 10.6 Å². The van der Waals surface area contributed by atoms with Crippen LogP contribution in [-0.2, 0) is 6.42 Å². The summed E-state index contributed by atoms with van der Waals surface area (Å²) in [5.41, 5.74) is 8.50. The van der Waals surface area contributed by atoms with E-state index in [2.05, 4.69) is 18.0 Å². The molecule has 2 heterocycles. The van der Waals surface area contributed by atoms with Gasteiger partial charge in [0.05, 0.1) is 22.5 Å². The van der Waals surface area contributed by atoms with Crippen LogP contribution in [0.3, 0.4) is 0 Å². The SMILES string of the molecule is CCc1cc(-c2ccc(C#N)s2)ncc1N. The number of aryl methyl sites for hydroxylation is 1. The van der Waals surface area contributed by atoms with Crippen molar-refractivity contribution >= 4 is 17.0 Å². The van der Waals surface area contributed by atoms with E-state index in [9.17, 15) is 0 Å². The fourth-order valence-electron chi connectivity index (χ4n) is 1.48. The predicted molar refractivity (Wildman–Crippen MR) is 66.1 cm³/mol. The average molecular weight is 229 g/mol. The van der Waals surface area contributed by atoms with Gasteiger partial charge in [0.2, 0.25) is 0 Å². The number of nitrogen functional groups attached to an aromatic ring is 1. The van der Waals surface area contributed by atoms with Gasteiger partial charge in [-0.1, -0.05) is 6.92 Å². The number of nitriles is 1. The molecule has 0 aliphatic heterocycles. The van der Waals surface area contributed by atoms with Crippen molar-refractivity contribution in [2.24, 2.45) is 0 Å². The van der Waals surface area contributed by atoms with Gasteiger partial charge in [0.25, 0.3) is 0 Å². The third-order valence-corrected chi connectivity index (χ3v) is 3.39. The Balaban J connectivity index is 2.45. The molecule has 0 saturated carbocycles. The molecule has 3 nitrogen and oxygen atoms in total. The van der Waals surface area contributed by atoms with E-state index in [4.69, 9.17) is 11.0 Å². The Morgan fingerprint density at radius 2 is 2.31 bits per heavy atom. The molecule has 0 bridgehead atoms. The minimum Gasteiger partial charge on any atom is -0.397 e. The van der Waals surface area contributed by atoms with Crippen LogP contribution in [0, 0.1) is 11.3 Å². The highest BCUT2D eigenvalue weighted by Crippen LogP contribution is 2.28. The number of pyridine rings is 1. The second-order valence-electron chi connectivity index (χ2n) is 3.40. The molecule has 4 heteroatoms. The molecule has 0 unspecified atom stereocenters. The van der Waals surface area contributed by atoms with E-state index in [1.165, 1.54) is 11.3 Å². The van der Waals surface area contributed by atoms with Gasteiger partial charge in [-0.3, -0.25) is 4.98 Å². The Morgan fingerprint density at radius 1 is 1.50 bits per heavy atom. The van der Waals surface area contributed by atoms with Gasteiger partial charge in [0.15, 0.2) is 0 Å². The maximum absolute atomic E-state index is 8.76. The standard InChI is InChI=1S/C12H11N3S/c1-2-8-5-11(15-7-10(8)14)12-4-3-9(6-13)16-12/h3-5,7H,2,14H2,1H3. The maximum atomic E-state index is 8.76. The van der Waals surface area contributed by atoms with Gasteiger partial charge >= 0.3 is 0 Å². The highest BCUT2D eigenvalue weighted by atomic mass is 32.1. The molecule has 16 heavy (non-hydrogen) atoms. The van der Waals surface area contributed by atoms with E-state index < -0.39 is 0 Å². The zero-order valence-electron chi connectivity index (χ0n) is 8.90. The lowest BCUT2D eigenvalue weighted by Gasteiger charge is -2.04. The molecule has 0 fully saturated rings. The molecule has 0 aliphatic carbocycles. The Labute approximate surface area is 98.2 Å². The molecule has 80 valence electrons. The molecular formula is C12H11N3S. The largest absolute Gasteiger partial charge is 0.397 e. The van der Waals surface area contributed by atoms with Crippen molar-refractivity contribution in [2.75, 3.05) is 5.73 Å². The molecule has 2 rings (SSSR count). The number of nitrogens with two attached hydrogens (primary N) is 1. The lowest BCUT2D eigenvalue weighted by Crippen LogP contribution is -1.95. The first-order valence-electron chi connectivity index (χ1n) is 4.99. The smallest absolute Gasteiger partial charge is 0.110 e. The number of thiophene rings is 1. The van der Waals surface area contributed by atoms with Crippen LogP contribution in [0.5, 0.6) is 0 Å². The first-order chi connectivity index (χ1) is 7.74. The Bertz CT molecular complexity index is 552. The van der Waals surface area contributed by atoms with Crippen LogP contribution >= 0.6 is 11.3 Å². The van der Waals surface area contributed by atoms with E-state index in [1.807, 2.05) is 18.2 Å². The lowest BCUT2D eigenvalue weighted by atomic mass is 10.1. The highest BCUT2D eigenvalue weighted by molar-refractivity contribution is 7.15. The molecule has 2 aromatic heterocycles. The summed E-state index contributed by atoms with van der Waals surface area (Å²) in [5.74, 6) is 0. The van der Waals surface area contributed by atoms with Crippen LogP contribution in [-0.4, -0.2) is 4.98 Å². The lowest BCUT2D eigenvalue weighted by molar-refractivity contribution is 1.13. The summed E-state index contributed by atoms with van der Waals surface area (Å²) in [7, 11) is 0. The van der Waals surface area contributed by atoms with Crippen LogP contribution in [0.15, 0.2) is 24.4 Å². The molecule has 0 spiro atoms. The molecule has 0 radical (unpaired) electrons. The van der Waals surface area contributed by atoms with E-state index in [1.54, 1.807) is 6.20 Å². The minimum atomic E-state index is 0.701. The summed E-state index contributed by atoms with van der Waals surface area (Å²) >= 11 is 1.45.